The van der Waals surface area contributed by atoms with Gasteiger partial charge in [-0.15, -0.1) is 13.2 Å². The van der Waals surface area contributed by atoms with Crippen LogP contribution in [0.2, 0.25) is 19.6 Å². The van der Waals surface area contributed by atoms with Gasteiger partial charge in [0.15, 0.2) is 0 Å². The normalized spacial score (nSPS) is 13.8. The maximum Gasteiger partial charge on any atom is 0.0717 e. The van der Waals surface area contributed by atoms with E-state index < -0.39 is 8.07 Å². The summed E-state index contributed by atoms with van der Waals surface area (Å²) in [6.45, 7) is 17.4. The van der Waals surface area contributed by atoms with Gasteiger partial charge in [-0.3, -0.25) is 0 Å². The van der Waals surface area contributed by atoms with E-state index in [9.17, 15) is 0 Å². The molecule has 0 rings (SSSR count). The lowest BCUT2D eigenvalue weighted by Crippen LogP contribution is -2.26. The molecule has 0 aliphatic heterocycles. The second-order valence-electron chi connectivity index (χ2n) is 4.49. The number of hydrogen-bond donors (Lipinski definition) is 0. The van der Waals surface area contributed by atoms with E-state index in [1.54, 1.807) is 6.08 Å². The van der Waals surface area contributed by atoms with Crippen molar-refractivity contribution in [3.05, 3.63) is 24.4 Å². The predicted octanol–water partition coefficient (Wildman–Crippen LogP) is 3.40. The minimum absolute atomic E-state index is 0.275. The Morgan fingerprint density at radius 2 is 2.00 bits per heavy atom. The van der Waals surface area contributed by atoms with Crippen LogP contribution in [0, 0.1) is 0 Å². The molecule has 0 fully saturated rings. The Balaban J connectivity index is 3.85. The van der Waals surface area contributed by atoms with E-state index in [1.807, 2.05) is 0 Å². The van der Waals surface area contributed by atoms with Crippen LogP contribution in [0.3, 0.4) is 0 Å². The zero-order chi connectivity index (χ0) is 10.5. The van der Waals surface area contributed by atoms with Crippen molar-refractivity contribution in [3.8, 4) is 0 Å². The topological polar surface area (TPSA) is 9.23 Å². The summed E-state index contributed by atoms with van der Waals surface area (Å²) >= 11 is 0. The first-order valence-corrected chi connectivity index (χ1v) is 8.28. The van der Waals surface area contributed by atoms with Crippen molar-refractivity contribution in [3.63, 3.8) is 0 Å². The van der Waals surface area contributed by atoms with Crippen molar-refractivity contribution in [2.24, 2.45) is 0 Å². The minimum atomic E-state index is -1.16. The number of hydrogen-bond acceptors (Lipinski definition) is 1. The Bertz CT molecular complexity index is 179. The zero-order valence-corrected chi connectivity index (χ0v) is 10.4. The first-order chi connectivity index (χ1) is 5.88. The van der Waals surface area contributed by atoms with Crippen molar-refractivity contribution in [2.75, 3.05) is 6.61 Å². The Morgan fingerprint density at radius 3 is 2.38 bits per heavy atom. The smallest absolute Gasteiger partial charge is 0.0717 e. The van der Waals surface area contributed by atoms with Gasteiger partial charge < -0.3 is 4.74 Å². The molecule has 1 unspecified atom stereocenters. The van der Waals surface area contributed by atoms with Gasteiger partial charge >= 0.3 is 0 Å². The summed E-state index contributed by atoms with van der Waals surface area (Å²) in [6.07, 6.45) is 3.05. The monoisotopic (exact) mass is 198 g/mol. The first-order valence-electron chi connectivity index (χ1n) is 4.78. The van der Waals surface area contributed by atoms with E-state index in [4.69, 9.17) is 4.74 Å². The van der Waals surface area contributed by atoms with Crippen LogP contribution >= 0.6 is 0 Å². The fourth-order valence-electron chi connectivity index (χ4n) is 0.944. The molecule has 0 amide bonds. The summed E-state index contributed by atoms with van der Waals surface area (Å²) in [5, 5.41) is 1.38. The molecule has 0 aliphatic rings. The van der Waals surface area contributed by atoms with Crippen LogP contribution in [0.25, 0.3) is 0 Å². The van der Waals surface area contributed by atoms with Gasteiger partial charge in [0, 0.05) is 0 Å². The second kappa shape index (κ2) is 5.40. The summed E-state index contributed by atoms with van der Waals surface area (Å²) in [5.74, 6) is 0. The van der Waals surface area contributed by atoms with Gasteiger partial charge in [0.2, 0.25) is 0 Å². The molecule has 1 nitrogen and oxygen atoms in total. The fourth-order valence-corrected chi connectivity index (χ4v) is 1.84. The van der Waals surface area contributed by atoms with Gasteiger partial charge in [-0.1, -0.05) is 30.9 Å². The summed E-state index contributed by atoms with van der Waals surface area (Å²) in [5.41, 5.74) is 0. The molecule has 0 spiro atoms. The molecular formula is C11H22OSi. The molecule has 13 heavy (non-hydrogen) atoms. The standard InChI is InChI=1S/C11H22OSi/c1-7-8-12-10(2)9-11(3)13(4,5)6/h7,10H,1,3,8-9H2,2,4-6H3. The molecule has 0 aromatic rings. The summed E-state index contributed by atoms with van der Waals surface area (Å²) in [7, 11) is -1.16. The summed E-state index contributed by atoms with van der Waals surface area (Å²) in [6, 6.07) is 0. The molecule has 2 heteroatoms. The maximum atomic E-state index is 5.50. The van der Waals surface area contributed by atoms with Crippen molar-refractivity contribution < 1.29 is 4.74 Å². The van der Waals surface area contributed by atoms with E-state index in [-0.39, 0.29) is 6.10 Å². The highest BCUT2D eigenvalue weighted by Crippen LogP contribution is 2.18. The van der Waals surface area contributed by atoms with Gasteiger partial charge in [0.05, 0.1) is 20.8 Å². The second-order valence-corrected chi connectivity index (χ2v) is 9.70. The van der Waals surface area contributed by atoms with Gasteiger partial charge in [-0.05, 0) is 13.3 Å². The molecule has 0 aromatic carbocycles. The van der Waals surface area contributed by atoms with Crippen LogP contribution in [-0.4, -0.2) is 20.8 Å². The molecule has 0 bridgehead atoms. The third-order valence-corrected chi connectivity index (χ3v) is 4.42. The molecule has 0 heterocycles. The van der Waals surface area contributed by atoms with E-state index >= 15 is 0 Å². The lowest BCUT2D eigenvalue weighted by atomic mass is 10.3. The van der Waals surface area contributed by atoms with Crippen molar-refractivity contribution in [2.45, 2.75) is 39.1 Å². The largest absolute Gasteiger partial charge is 0.374 e. The SMILES string of the molecule is C=CCOC(C)CC(=C)[Si](C)(C)C. The van der Waals surface area contributed by atoms with Crippen LogP contribution in [0.4, 0.5) is 0 Å². The van der Waals surface area contributed by atoms with Gasteiger partial charge in [0.25, 0.3) is 0 Å². The molecule has 0 aliphatic carbocycles. The van der Waals surface area contributed by atoms with Gasteiger partial charge in [-0.25, -0.2) is 0 Å². The van der Waals surface area contributed by atoms with Gasteiger partial charge in [0.1, 0.15) is 0 Å². The average Bonchev–Trinajstić information content (AvgIpc) is 1.99. The molecule has 0 radical (unpaired) electrons. The molecule has 76 valence electrons. The molecule has 1 atom stereocenters. The fraction of sp³-hybridized carbons (Fsp3) is 0.636. The molecular weight excluding hydrogens is 176 g/mol. The Morgan fingerprint density at radius 1 is 1.46 bits per heavy atom. The van der Waals surface area contributed by atoms with E-state index in [0.717, 1.165) is 6.42 Å². The van der Waals surface area contributed by atoms with Crippen molar-refractivity contribution >= 4 is 8.07 Å². The van der Waals surface area contributed by atoms with Crippen LogP contribution in [-0.2, 0) is 4.74 Å². The van der Waals surface area contributed by atoms with E-state index in [1.165, 1.54) is 5.20 Å². The highest BCUT2D eigenvalue weighted by atomic mass is 28.3. The van der Waals surface area contributed by atoms with Crippen LogP contribution in [0.15, 0.2) is 24.4 Å². The molecule has 0 aromatic heterocycles. The summed E-state index contributed by atoms with van der Waals surface area (Å²) in [4.78, 5) is 0. The van der Waals surface area contributed by atoms with Crippen LogP contribution in [0.1, 0.15) is 13.3 Å². The van der Waals surface area contributed by atoms with E-state index in [2.05, 4.69) is 39.7 Å². The predicted molar refractivity (Wildman–Crippen MR) is 62.7 cm³/mol. The Kier molecular flexibility index (Phi) is 5.26. The average molecular weight is 198 g/mol. The quantitative estimate of drug-likeness (QED) is 0.469. The summed E-state index contributed by atoms with van der Waals surface area (Å²) < 4.78 is 5.50. The van der Waals surface area contributed by atoms with Gasteiger partial charge in [-0.2, -0.15) is 0 Å². The third-order valence-electron chi connectivity index (χ3n) is 2.09. The highest BCUT2D eigenvalue weighted by molar-refractivity contribution is 6.82. The van der Waals surface area contributed by atoms with Crippen LogP contribution < -0.4 is 0 Å². The lowest BCUT2D eigenvalue weighted by Gasteiger charge is -2.22. The van der Waals surface area contributed by atoms with Crippen LogP contribution in [0.5, 0.6) is 0 Å². The van der Waals surface area contributed by atoms with Crippen molar-refractivity contribution in [1.82, 2.24) is 0 Å². The number of ether oxygens (including phenoxy) is 1. The lowest BCUT2D eigenvalue weighted by molar-refractivity contribution is 0.0899. The molecule has 0 N–H and O–H groups in total. The minimum Gasteiger partial charge on any atom is -0.374 e. The molecule has 0 saturated carbocycles. The van der Waals surface area contributed by atoms with Crippen molar-refractivity contribution in [1.29, 1.82) is 0 Å². The molecule has 0 saturated heterocycles. The maximum absolute atomic E-state index is 5.50. The Hall–Kier alpha value is -0.343. The first kappa shape index (κ1) is 12.7. The van der Waals surface area contributed by atoms with E-state index in [0.29, 0.717) is 6.61 Å². The Labute approximate surface area is 83.5 Å². The zero-order valence-electron chi connectivity index (χ0n) is 9.39. The third kappa shape index (κ3) is 5.83. The highest BCUT2D eigenvalue weighted by Gasteiger charge is 2.19. The number of rotatable bonds is 6.